The minimum absolute atomic E-state index is 0.110. The maximum Gasteiger partial charge on any atom is 0.220 e. The predicted molar refractivity (Wildman–Crippen MR) is 225 cm³/mol. The van der Waals surface area contributed by atoms with Gasteiger partial charge in [-0.25, -0.2) is 0 Å². The Morgan fingerprint density at radius 2 is 0.882 bits per heavy atom. The number of carbonyl (C=O) groups is 1. The maximum absolute atomic E-state index is 12.3. The van der Waals surface area contributed by atoms with Gasteiger partial charge in [-0.05, 0) is 77.0 Å². The number of rotatable bonds is 38. The second kappa shape index (κ2) is 42.2. The summed E-state index contributed by atoms with van der Waals surface area (Å²) >= 11 is 0. The van der Waals surface area contributed by atoms with Crippen molar-refractivity contribution in [3.05, 3.63) is 72.9 Å². The van der Waals surface area contributed by atoms with Crippen LogP contribution in [0.2, 0.25) is 0 Å². The molecule has 0 saturated heterocycles. The van der Waals surface area contributed by atoms with Gasteiger partial charge in [0, 0.05) is 6.42 Å². The fourth-order valence-corrected chi connectivity index (χ4v) is 6.11. The van der Waals surface area contributed by atoms with Crippen LogP contribution in [0.5, 0.6) is 0 Å². The molecular weight excluding hydrogens is 627 g/mol. The number of allylic oxidation sites excluding steroid dienone is 11. The van der Waals surface area contributed by atoms with Gasteiger partial charge in [-0.15, -0.1) is 0 Å². The van der Waals surface area contributed by atoms with Gasteiger partial charge in [0.1, 0.15) is 0 Å². The highest BCUT2D eigenvalue weighted by Crippen LogP contribution is 2.14. The highest BCUT2D eigenvalue weighted by molar-refractivity contribution is 5.76. The summed E-state index contributed by atoms with van der Waals surface area (Å²) in [4.78, 5) is 12.3. The van der Waals surface area contributed by atoms with E-state index in [9.17, 15) is 15.0 Å². The average Bonchev–Trinajstić information content (AvgIpc) is 3.13. The van der Waals surface area contributed by atoms with Gasteiger partial charge in [0.05, 0.1) is 18.8 Å². The quantitative estimate of drug-likeness (QED) is 0.0441. The largest absolute Gasteiger partial charge is 0.394 e. The summed E-state index contributed by atoms with van der Waals surface area (Å²) in [6.07, 6.45) is 60.2. The van der Waals surface area contributed by atoms with Crippen molar-refractivity contribution in [2.24, 2.45) is 0 Å². The van der Waals surface area contributed by atoms with Crippen molar-refractivity contribution in [3.8, 4) is 0 Å². The first-order chi connectivity index (χ1) is 25.2. The van der Waals surface area contributed by atoms with E-state index in [1.54, 1.807) is 6.08 Å². The van der Waals surface area contributed by atoms with Crippen LogP contribution in [0.15, 0.2) is 72.9 Å². The molecule has 0 aliphatic rings. The van der Waals surface area contributed by atoms with Crippen molar-refractivity contribution in [2.45, 2.75) is 212 Å². The van der Waals surface area contributed by atoms with Gasteiger partial charge in [0.15, 0.2) is 0 Å². The van der Waals surface area contributed by atoms with Crippen molar-refractivity contribution < 1.29 is 15.0 Å². The van der Waals surface area contributed by atoms with Crippen LogP contribution in [0.1, 0.15) is 200 Å². The molecule has 2 unspecified atom stereocenters. The average molecular weight is 710 g/mol. The van der Waals surface area contributed by atoms with Gasteiger partial charge in [0.25, 0.3) is 0 Å². The van der Waals surface area contributed by atoms with E-state index in [1.807, 2.05) is 6.08 Å². The fourth-order valence-electron chi connectivity index (χ4n) is 6.11. The first-order valence-electron chi connectivity index (χ1n) is 21.7. The normalized spacial score (nSPS) is 13.7. The second-order valence-corrected chi connectivity index (χ2v) is 14.4. The number of aliphatic hydroxyl groups is 2. The van der Waals surface area contributed by atoms with E-state index in [1.165, 1.54) is 109 Å². The van der Waals surface area contributed by atoms with Crippen LogP contribution in [-0.2, 0) is 4.79 Å². The molecule has 51 heavy (non-hydrogen) atoms. The third-order valence-electron chi connectivity index (χ3n) is 9.40. The summed E-state index contributed by atoms with van der Waals surface area (Å²) in [7, 11) is 0. The summed E-state index contributed by atoms with van der Waals surface area (Å²) in [5, 5.41) is 22.9. The Labute approximate surface area is 317 Å². The molecule has 294 valence electrons. The van der Waals surface area contributed by atoms with Crippen LogP contribution in [0.4, 0.5) is 0 Å². The van der Waals surface area contributed by atoms with Crippen LogP contribution in [0.25, 0.3) is 0 Å². The van der Waals surface area contributed by atoms with E-state index >= 15 is 0 Å². The maximum atomic E-state index is 12.3. The first kappa shape index (κ1) is 48.8. The molecule has 1 amide bonds. The zero-order valence-corrected chi connectivity index (χ0v) is 33.6. The number of hydrogen-bond donors (Lipinski definition) is 3. The Morgan fingerprint density at radius 3 is 1.37 bits per heavy atom. The molecule has 4 nitrogen and oxygen atoms in total. The predicted octanol–water partition coefficient (Wildman–Crippen LogP) is 13.5. The summed E-state index contributed by atoms with van der Waals surface area (Å²) < 4.78 is 0. The third kappa shape index (κ3) is 38.9. The lowest BCUT2D eigenvalue weighted by Gasteiger charge is -2.19. The summed E-state index contributed by atoms with van der Waals surface area (Å²) in [5.74, 6) is -0.110. The number of nitrogens with one attached hydrogen (secondary N) is 1. The minimum atomic E-state index is -0.885. The van der Waals surface area contributed by atoms with Crippen LogP contribution >= 0.6 is 0 Å². The molecule has 0 spiro atoms. The van der Waals surface area contributed by atoms with E-state index in [-0.39, 0.29) is 12.5 Å². The molecule has 0 aromatic rings. The standard InChI is InChI=1S/C47H83NO3/c1-3-5-7-9-11-13-15-17-18-19-20-21-22-23-24-25-26-27-28-29-31-32-34-36-38-40-42-46(50)45(44-49)48-47(51)43-41-39-37-35-33-30-16-14-12-10-8-6-4-2/h6,8,12,14,27-28,30,32-34,40,42,45-46,49-50H,3-5,7,9-11,13,15-26,29,31,35-39,41,43-44H2,1-2H3,(H,48,51)/b8-6-,14-12-,28-27+,33-30-,34-32+,42-40+. The zero-order chi connectivity index (χ0) is 37.1. The monoisotopic (exact) mass is 710 g/mol. The van der Waals surface area contributed by atoms with Gasteiger partial charge in [-0.3, -0.25) is 4.79 Å². The molecule has 0 saturated carbocycles. The highest BCUT2D eigenvalue weighted by Gasteiger charge is 2.17. The van der Waals surface area contributed by atoms with Gasteiger partial charge in [-0.1, -0.05) is 189 Å². The van der Waals surface area contributed by atoms with Gasteiger partial charge in [-0.2, -0.15) is 0 Å². The molecule has 0 aromatic carbocycles. The number of amides is 1. The molecule has 2 atom stereocenters. The Morgan fingerprint density at radius 1 is 0.490 bits per heavy atom. The Hall–Kier alpha value is -2.17. The Kier molecular flexibility index (Phi) is 40.4. The first-order valence-corrected chi connectivity index (χ1v) is 21.7. The molecule has 0 radical (unpaired) electrons. The van der Waals surface area contributed by atoms with E-state index in [4.69, 9.17) is 0 Å². The Bertz CT molecular complexity index is 899. The van der Waals surface area contributed by atoms with Crippen LogP contribution in [0, 0.1) is 0 Å². The van der Waals surface area contributed by atoms with Crippen LogP contribution < -0.4 is 5.32 Å². The molecule has 0 aliphatic carbocycles. The van der Waals surface area contributed by atoms with Gasteiger partial charge >= 0.3 is 0 Å². The smallest absolute Gasteiger partial charge is 0.220 e. The number of hydrogen-bond acceptors (Lipinski definition) is 3. The summed E-state index contributed by atoms with van der Waals surface area (Å²) in [6, 6.07) is -0.663. The molecular formula is C47H83NO3. The molecule has 0 heterocycles. The van der Waals surface area contributed by atoms with E-state index in [0.717, 1.165) is 70.6 Å². The topological polar surface area (TPSA) is 69.6 Å². The lowest BCUT2D eigenvalue weighted by molar-refractivity contribution is -0.123. The SMILES string of the molecule is CC/C=C\C/C=C\C/C=C\CCCCCC(=O)NC(CO)C(O)/C=C/CC/C=C/CC/C=C/CCCCCCCCCCCCCCCCCC. The number of aliphatic hydroxyl groups excluding tert-OH is 2. The number of carbonyl (C=O) groups excluding carboxylic acids is 1. The lowest BCUT2D eigenvalue weighted by atomic mass is 10.0. The fraction of sp³-hybridized carbons (Fsp3) is 0.723. The van der Waals surface area contributed by atoms with Crippen LogP contribution in [-0.4, -0.2) is 34.9 Å². The van der Waals surface area contributed by atoms with E-state index in [0.29, 0.717) is 6.42 Å². The van der Waals surface area contributed by atoms with E-state index in [2.05, 4.69) is 79.9 Å². The molecule has 0 bridgehead atoms. The second-order valence-electron chi connectivity index (χ2n) is 14.4. The molecule has 0 fully saturated rings. The summed E-state index contributed by atoms with van der Waals surface area (Å²) in [5.41, 5.74) is 0. The van der Waals surface area contributed by atoms with Crippen molar-refractivity contribution in [1.82, 2.24) is 5.32 Å². The molecule has 0 aromatic heterocycles. The highest BCUT2D eigenvalue weighted by atomic mass is 16.3. The molecule has 4 heteroatoms. The molecule has 3 N–H and O–H groups in total. The van der Waals surface area contributed by atoms with Crippen molar-refractivity contribution >= 4 is 5.91 Å². The minimum Gasteiger partial charge on any atom is -0.394 e. The number of unbranched alkanes of at least 4 members (excludes halogenated alkanes) is 21. The van der Waals surface area contributed by atoms with Crippen molar-refractivity contribution in [3.63, 3.8) is 0 Å². The zero-order valence-electron chi connectivity index (χ0n) is 33.6. The Balaban J connectivity index is 3.66. The van der Waals surface area contributed by atoms with Gasteiger partial charge in [0.2, 0.25) is 5.91 Å². The lowest BCUT2D eigenvalue weighted by Crippen LogP contribution is -2.45. The van der Waals surface area contributed by atoms with Crippen molar-refractivity contribution in [2.75, 3.05) is 6.61 Å². The third-order valence-corrected chi connectivity index (χ3v) is 9.40. The molecule has 0 rings (SSSR count). The molecule has 0 aliphatic heterocycles. The van der Waals surface area contributed by atoms with Crippen molar-refractivity contribution in [1.29, 1.82) is 0 Å². The summed E-state index contributed by atoms with van der Waals surface area (Å²) in [6.45, 7) is 4.16. The van der Waals surface area contributed by atoms with Crippen LogP contribution in [0.3, 0.4) is 0 Å². The van der Waals surface area contributed by atoms with Gasteiger partial charge < -0.3 is 15.5 Å². The van der Waals surface area contributed by atoms with E-state index < -0.39 is 12.1 Å².